The molecule has 0 bridgehead atoms. The molecule has 2 aromatic heterocycles. The fourth-order valence-electron chi connectivity index (χ4n) is 7.36. The minimum Gasteiger partial charge on any atom is -0.504 e. The normalized spacial score (nSPS) is 10.3. The summed E-state index contributed by atoms with van der Waals surface area (Å²) in [7, 11) is 9.34. The van der Waals surface area contributed by atoms with Gasteiger partial charge < -0.3 is 59.3 Å². The number of methoxy groups -OCH3 is 6. The van der Waals surface area contributed by atoms with E-state index in [1.807, 2.05) is 32.0 Å². The Kier molecular flexibility index (Phi) is 21.1. The standard InChI is InChI=1S/C19H21NO5.C18H18N2O2S.C14H10N2O4S.C9H10O3/c1-12-5-6-14(10-17(12)24-3)19(22)20-11-15(21)13-7-8-16(23-2)18(9-13)25-4;1-11-5-6-13(9-12(11)2)17-19-20-18(23-17)14-7-8-15(21-3)16(10-14)22-4;17-9-3-1-7(5-11(9)19)13-15-16-14(21-13)8-2-4-10(18)12(20)6-8;1-6-3-4-7(9(10)11)5-8(6)12-2/h5-10H,11H2,1-4H3,(H,20,22);5-10H,1-4H3;1-6,17-20H;3-5H,1-2H3,(H,10,11). The number of carboxylic acids is 1. The highest BCUT2D eigenvalue weighted by atomic mass is 32.1. The number of nitrogens with zero attached hydrogens (tertiary/aromatic N) is 4. The smallest absolute Gasteiger partial charge is 0.335 e. The maximum absolute atomic E-state index is 12.3. The van der Waals surface area contributed by atoms with E-state index in [1.165, 1.54) is 74.1 Å². The van der Waals surface area contributed by atoms with Crippen molar-refractivity contribution in [2.75, 3.05) is 49.2 Å². The van der Waals surface area contributed by atoms with Crippen molar-refractivity contribution in [3.05, 3.63) is 166 Å². The van der Waals surface area contributed by atoms with Crippen molar-refractivity contribution in [1.29, 1.82) is 0 Å². The number of phenolic OH excluding ortho intramolecular Hbond substituents is 4. The van der Waals surface area contributed by atoms with Crippen LogP contribution in [0.5, 0.6) is 57.5 Å². The minimum absolute atomic E-state index is 0.121. The van der Waals surface area contributed by atoms with Crippen molar-refractivity contribution in [1.82, 2.24) is 25.7 Å². The predicted octanol–water partition coefficient (Wildman–Crippen LogP) is 11.5. The highest BCUT2D eigenvalue weighted by Gasteiger charge is 2.17. The zero-order chi connectivity index (χ0) is 58.9. The number of carbonyl (C=O) groups is 3. The first-order valence-corrected chi connectivity index (χ1v) is 26.0. The number of aryl methyl sites for hydroxylation is 4. The molecular formula is C60H59N5O14S2. The van der Waals surface area contributed by atoms with Gasteiger partial charge in [-0.25, -0.2) is 4.79 Å². The zero-order valence-corrected chi connectivity index (χ0v) is 47.5. The van der Waals surface area contributed by atoms with Crippen molar-refractivity contribution in [2.24, 2.45) is 0 Å². The molecular weight excluding hydrogens is 1080 g/mol. The molecule has 0 unspecified atom stereocenters. The van der Waals surface area contributed by atoms with Gasteiger partial charge in [0.05, 0.1) is 54.8 Å². The SMILES string of the molecule is COc1cc(C(=O)NCC(=O)c2ccc(OC)c(OC)c2)ccc1C.COc1cc(C(=O)O)ccc1C.COc1ccc(-c2nnc(-c3ccc(C)c(C)c3)s2)cc1OC.Oc1ccc(-c2nnc(-c3ccc(O)c(O)c3)s2)cc1O. The van der Waals surface area contributed by atoms with Gasteiger partial charge in [0.2, 0.25) is 0 Å². The number of ketones is 1. The number of ether oxygens (including phenoxy) is 6. The largest absolute Gasteiger partial charge is 0.504 e. The molecule has 0 fully saturated rings. The predicted molar refractivity (Wildman–Crippen MR) is 309 cm³/mol. The maximum Gasteiger partial charge on any atom is 0.335 e. The highest BCUT2D eigenvalue weighted by molar-refractivity contribution is 7.18. The Labute approximate surface area is 475 Å². The number of aromatic nitrogens is 4. The lowest BCUT2D eigenvalue weighted by molar-refractivity contribution is 0.0696. The summed E-state index contributed by atoms with van der Waals surface area (Å²) in [6.45, 7) is 7.85. The third kappa shape index (κ3) is 15.7. The Bertz CT molecular complexity index is 3610. The van der Waals surface area contributed by atoms with Crippen LogP contribution in [0, 0.1) is 27.7 Å². The fourth-order valence-corrected chi connectivity index (χ4v) is 9.03. The molecule has 2 heterocycles. The first kappa shape index (κ1) is 60.5. The second-order valence-electron chi connectivity index (χ2n) is 17.5. The van der Waals surface area contributed by atoms with Gasteiger partial charge in [0, 0.05) is 33.4 Å². The van der Waals surface area contributed by atoms with Gasteiger partial charge in [-0.3, -0.25) is 9.59 Å². The molecule has 420 valence electrons. The van der Waals surface area contributed by atoms with E-state index in [0.29, 0.717) is 66.8 Å². The third-order valence-electron chi connectivity index (χ3n) is 12.1. The molecule has 0 saturated carbocycles. The molecule has 0 aliphatic rings. The van der Waals surface area contributed by atoms with Crippen LogP contribution in [-0.2, 0) is 0 Å². The van der Waals surface area contributed by atoms with Crippen molar-refractivity contribution in [3.8, 4) is 99.8 Å². The van der Waals surface area contributed by atoms with E-state index < -0.39 is 5.97 Å². The monoisotopic (exact) mass is 1140 g/mol. The number of Topliss-reactive ketones (excluding diaryl/α,β-unsaturated/α-hetero) is 1. The number of aromatic carboxylic acids is 1. The molecule has 0 radical (unpaired) electrons. The van der Waals surface area contributed by atoms with Crippen LogP contribution in [0.25, 0.3) is 42.3 Å². The Morgan fingerprint density at radius 2 is 0.765 bits per heavy atom. The van der Waals surface area contributed by atoms with E-state index in [4.69, 9.17) is 33.5 Å². The fraction of sp³-hybridized carbons (Fsp3) is 0.183. The van der Waals surface area contributed by atoms with E-state index >= 15 is 0 Å². The van der Waals surface area contributed by atoms with Gasteiger partial charge in [-0.15, -0.1) is 20.4 Å². The van der Waals surface area contributed by atoms with Crippen LogP contribution in [0.4, 0.5) is 0 Å². The topological polar surface area (TPSA) is 271 Å². The average Bonchev–Trinajstić information content (AvgIpc) is 4.19. The molecule has 9 aromatic rings. The summed E-state index contributed by atoms with van der Waals surface area (Å²) in [5.41, 5.74) is 8.81. The minimum atomic E-state index is -0.937. The average molecular weight is 1140 g/mol. The Morgan fingerprint density at radius 3 is 1.22 bits per heavy atom. The number of nitrogens with one attached hydrogen (secondary N) is 1. The van der Waals surface area contributed by atoms with Gasteiger partial charge in [-0.05, 0) is 153 Å². The van der Waals surface area contributed by atoms with Crippen LogP contribution in [0.1, 0.15) is 53.3 Å². The van der Waals surface area contributed by atoms with E-state index in [2.05, 4.69) is 57.8 Å². The molecule has 0 spiro atoms. The van der Waals surface area contributed by atoms with E-state index in [0.717, 1.165) is 32.3 Å². The quantitative estimate of drug-likeness (QED) is 0.0411. The number of amides is 1. The van der Waals surface area contributed by atoms with Gasteiger partial charge in [0.25, 0.3) is 5.91 Å². The summed E-state index contributed by atoms with van der Waals surface area (Å²) >= 11 is 2.83. The van der Waals surface area contributed by atoms with E-state index in [-0.39, 0.29) is 46.8 Å². The Hall–Kier alpha value is -9.73. The van der Waals surface area contributed by atoms with Crippen molar-refractivity contribution in [2.45, 2.75) is 27.7 Å². The lowest BCUT2D eigenvalue weighted by Crippen LogP contribution is -2.29. The molecule has 9 rings (SSSR count). The number of phenols is 4. The van der Waals surface area contributed by atoms with E-state index in [1.54, 1.807) is 93.3 Å². The van der Waals surface area contributed by atoms with Crippen LogP contribution in [0.2, 0.25) is 0 Å². The zero-order valence-electron chi connectivity index (χ0n) is 45.8. The van der Waals surface area contributed by atoms with Crippen molar-refractivity contribution >= 4 is 40.3 Å². The molecule has 0 atom stereocenters. The summed E-state index contributed by atoms with van der Waals surface area (Å²) in [6, 6.07) is 35.7. The molecule has 19 nitrogen and oxygen atoms in total. The van der Waals surface area contributed by atoms with Crippen LogP contribution in [-0.4, -0.2) is 113 Å². The summed E-state index contributed by atoms with van der Waals surface area (Å²) in [4.78, 5) is 35.0. The number of aromatic hydroxyl groups is 4. The molecule has 0 saturated heterocycles. The van der Waals surface area contributed by atoms with Crippen LogP contribution < -0.4 is 33.7 Å². The Morgan fingerprint density at radius 1 is 0.395 bits per heavy atom. The lowest BCUT2D eigenvalue weighted by Gasteiger charge is -2.10. The number of rotatable bonds is 15. The van der Waals surface area contributed by atoms with E-state index in [9.17, 15) is 34.8 Å². The number of benzene rings is 7. The third-order valence-corrected chi connectivity index (χ3v) is 14.2. The molecule has 6 N–H and O–H groups in total. The number of hydrogen-bond acceptors (Lipinski definition) is 19. The summed E-state index contributed by atoms with van der Waals surface area (Å²) < 4.78 is 31.1. The van der Waals surface area contributed by atoms with Gasteiger partial charge in [0.15, 0.2) is 51.8 Å². The second kappa shape index (κ2) is 28.2. The number of carboxylic acid groups (broad SMARTS) is 1. The molecule has 21 heteroatoms. The number of carbonyl (C=O) groups excluding carboxylic acids is 2. The van der Waals surface area contributed by atoms with Gasteiger partial charge in [-0.2, -0.15) is 0 Å². The molecule has 0 aliphatic heterocycles. The highest BCUT2D eigenvalue weighted by Crippen LogP contribution is 2.38. The molecule has 7 aromatic carbocycles. The van der Waals surface area contributed by atoms with Gasteiger partial charge >= 0.3 is 5.97 Å². The van der Waals surface area contributed by atoms with Crippen LogP contribution in [0.15, 0.2) is 127 Å². The Balaban J connectivity index is 0.000000178. The van der Waals surface area contributed by atoms with Gasteiger partial charge in [0.1, 0.15) is 31.5 Å². The lowest BCUT2D eigenvalue weighted by atomic mass is 10.1. The van der Waals surface area contributed by atoms with Crippen molar-refractivity contribution in [3.63, 3.8) is 0 Å². The summed E-state index contributed by atoms with van der Waals surface area (Å²) in [5, 5.41) is 68.4. The van der Waals surface area contributed by atoms with Crippen molar-refractivity contribution < 1.29 is 68.3 Å². The first-order chi connectivity index (χ1) is 38.8. The maximum atomic E-state index is 12.3. The van der Waals surface area contributed by atoms with Crippen LogP contribution in [0.3, 0.4) is 0 Å². The molecule has 81 heavy (non-hydrogen) atoms. The summed E-state index contributed by atoms with van der Waals surface area (Å²) in [6.07, 6.45) is 0. The second-order valence-corrected chi connectivity index (χ2v) is 19.4. The van der Waals surface area contributed by atoms with Gasteiger partial charge in [-0.1, -0.05) is 46.9 Å². The number of hydrogen-bond donors (Lipinski definition) is 6. The van der Waals surface area contributed by atoms with Crippen LogP contribution >= 0.6 is 22.7 Å². The first-order valence-electron chi connectivity index (χ1n) is 24.4. The molecule has 1 amide bonds. The molecule has 0 aliphatic carbocycles. The summed E-state index contributed by atoms with van der Waals surface area (Å²) in [5.74, 6) is 1.25.